The zero-order valence-corrected chi connectivity index (χ0v) is 21.0. The number of methoxy groups -OCH3 is 1. The Hall–Kier alpha value is -3.66. The fourth-order valence-corrected chi connectivity index (χ4v) is 6.70. The Labute approximate surface area is 218 Å². The van der Waals surface area contributed by atoms with Gasteiger partial charge < -0.3 is 14.3 Å². The summed E-state index contributed by atoms with van der Waals surface area (Å²) in [4.78, 5) is 27.3. The average Bonchev–Trinajstić information content (AvgIpc) is 3.15. The van der Waals surface area contributed by atoms with Crippen LogP contribution in [-0.2, 0) is 11.6 Å². The van der Waals surface area contributed by atoms with Crippen molar-refractivity contribution in [2.24, 2.45) is 0 Å². The van der Waals surface area contributed by atoms with Gasteiger partial charge >= 0.3 is 11.8 Å². The van der Waals surface area contributed by atoms with Crippen LogP contribution < -0.4 is 15.9 Å². The number of rotatable bonds is 3. The summed E-state index contributed by atoms with van der Waals surface area (Å²) in [7, 11) is 1.50. The number of halogens is 3. The lowest BCUT2D eigenvalue weighted by atomic mass is 9.68. The fourth-order valence-electron chi connectivity index (χ4n) is 5.82. The summed E-state index contributed by atoms with van der Waals surface area (Å²) in [6, 6.07) is 11.8. The third kappa shape index (κ3) is 3.65. The maximum Gasteiger partial charge on any atom is 0.416 e. The highest BCUT2D eigenvalue weighted by molar-refractivity contribution is 7.99. The summed E-state index contributed by atoms with van der Waals surface area (Å²) < 4.78 is 53.1. The molecule has 0 radical (unpaired) electrons. The number of nitrogens with zero attached hydrogens (tertiary/aromatic N) is 1. The van der Waals surface area contributed by atoms with Crippen LogP contribution >= 0.6 is 11.8 Å². The van der Waals surface area contributed by atoms with Gasteiger partial charge in [0, 0.05) is 22.1 Å². The van der Waals surface area contributed by atoms with E-state index in [0.717, 1.165) is 43.2 Å². The van der Waals surface area contributed by atoms with Gasteiger partial charge in [-0.25, -0.2) is 4.79 Å². The SMILES string of the molecule is COc1cccc(Sc2c(O)c3c(=O)n4c(cc3oc2=O)C2(CCCCC2)c2cc(C(F)(F)F)ccc2-4)c1. The molecule has 1 spiro atoms. The first-order valence-corrected chi connectivity index (χ1v) is 13.0. The van der Waals surface area contributed by atoms with E-state index in [1.54, 1.807) is 24.3 Å². The van der Waals surface area contributed by atoms with Gasteiger partial charge in [0.1, 0.15) is 21.6 Å². The van der Waals surface area contributed by atoms with E-state index in [2.05, 4.69) is 0 Å². The summed E-state index contributed by atoms with van der Waals surface area (Å²) in [5.41, 5.74) is -1.87. The molecule has 6 nitrogen and oxygen atoms in total. The smallest absolute Gasteiger partial charge is 0.416 e. The van der Waals surface area contributed by atoms with Crippen molar-refractivity contribution < 1.29 is 27.4 Å². The minimum Gasteiger partial charge on any atom is -0.505 e. The minimum atomic E-state index is -4.54. The van der Waals surface area contributed by atoms with Crippen LogP contribution in [0, 0.1) is 0 Å². The topological polar surface area (TPSA) is 81.7 Å². The summed E-state index contributed by atoms with van der Waals surface area (Å²) >= 11 is 0.930. The Morgan fingerprint density at radius 1 is 1.05 bits per heavy atom. The van der Waals surface area contributed by atoms with Crippen LogP contribution in [0.15, 0.2) is 72.3 Å². The first-order chi connectivity index (χ1) is 18.1. The lowest BCUT2D eigenvalue weighted by molar-refractivity contribution is -0.137. The Morgan fingerprint density at radius 2 is 1.82 bits per heavy atom. The monoisotopic (exact) mass is 541 g/mol. The van der Waals surface area contributed by atoms with E-state index in [9.17, 15) is 27.9 Å². The average molecular weight is 542 g/mol. The molecule has 0 bridgehead atoms. The standard InChI is InChI=1S/C28H22F3NO5S/c1-36-16-6-5-7-17(13-16)38-24-23(33)22-20(37-26(24)35)14-21-27(10-3-2-4-11-27)18-12-15(28(29,30)31)8-9-19(18)32(21)25(22)34/h5-9,12-14,33H,2-4,10-11H2,1H3. The van der Waals surface area contributed by atoms with E-state index < -0.39 is 34.1 Å². The molecule has 1 saturated carbocycles. The molecule has 4 aromatic rings. The van der Waals surface area contributed by atoms with E-state index in [1.807, 2.05) is 0 Å². The predicted molar refractivity (Wildman–Crippen MR) is 136 cm³/mol. The van der Waals surface area contributed by atoms with Gasteiger partial charge in [0.15, 0.2) is 5.75 Å². The normalized spacial score (nSPS) is 16.0. The van der Waals surface area contributed by atoms with Gasteiger partial charge in [-0.2, -0.15) is 13.2 Å². The molecule has 0 saturated heterocycles. The minimum absolute atomic E-state index is 0.0902. The molecule has 2 aromatic heterocycles. The van der Waals surface area contributed by atoms with Crippen LogP contribution in [0.4, 0.5) is 13.2 Å². The largest absolute Gasteiger partial charge is 0.505 e. The fraction of sp³-hybridized carbons (Fsp3) is 0.286. The molecule has 38 heavy (non-hydrogen) atoms. The summed E-state index contributed by atoms with van der Waals surface area (Å²) in [5, 5.41) is 11.0. The van der Waals surface area contributed by atoms with Crippen LogP contribution in [-0.4, -0.2) is 16.8 Å². The number of hydrogen-bond donors (Lipinski definition) is 1. The molecule has 1 aliphatic carbocycles. The van der Waals surface area contributed by atoms with E-state index in [-0.39, 0.29) is 15.9 Å². The van der Waals surface area contributed by atoms with Gasteiger partial charge in [-0.15, -0.1) is 0 Å². The van der Waals surface area contributed by atoms with Crippen molar-refractivity contribution in [3.63, 3.8) is 0 Å². The molecule has 1 N–H and O–H groups in total. The second kappa shape index (κ2) is 8.69. The van der Waals surface area contributed by atoms with Crippen LogP contribution in [0.25, 0.3) is 16.7 Å². The van der Waals surface area contributed by atoms with E-state index >= 15 is 0 Å². The number of ether oxygens (including phenoxy) is 1. The Bertz CT molecular complexity index is 1720. The highest BCUT2D eigenvalue weighted by Crippen LogP contribution is 2.52. The zero-order valence-electron chi connectivity index (χ0n) is 20.2. The molecule has 6 rings (SSSR count). The number of fused-ring (bicyclic) bond motifs is 6. The van der Waals surface area contributed by atoms with Crippen LogP contribution in [0.2, 0.25) is 0 Å². The van der Waals surface area contributed by atoms with E-state index in [1.165, 1.54) is 23.8 Å². The summed E-state index contributed by atoms with van der Waals surface area (Å²) in [5.74, 6) is 0.0209. The number of aromatic nitrogens is 1. The zero-order chi connectivity index (χ0) is 26.8. The molecule has 2 aromatic carbocycles. The summed E-state index contributed by atoms with van der Waals surface area (Å²) in [6.07, 6.45) is -0.903. The first kappa shape index (κ1) is 24.7. The lowest BCUT2D eigenvalue weighted by Gasteiger charge is -2.35. The maximum absolute atomic E-state index is 13.9. The Balaban J connectivity index is 1.60. The molecule has 10 heteroatoms. The molecule has 2 aliphatic rings. The number of pyridine rings is 1. The Morgan fingerprint density at radius 3 is 2.53 bits per heavy atom. The molecule has 196 valence electrons. The summed E-state index contributed by atoms with van der Waals surface area (Å²) in [6.45, 7) is 0. The predicted octanol–water partition coefficient (Wildman–Crippen LogP) is 6.39. The van der Waals surface area contributed by atoms with E-state index in [0.29, 0.717) is 40.4 Å². The van der Waals surface area contributed by atoms with Crippen molar-refractivity contribution >= 4 is 22.7 Å². The maximum atomic E-state index is 13.9. The quantitative estimate of drug-likeness (QED) is 0.324. The van der Waals surface area contributed by atoms with Crippen LogP contribution in [0.5, 0.6) is 11.5 Å². The molecular weight excluding hydrogens is 519 g/mol. The van der Waals surface area contributed by atoms with Crippen molar-refractivity contribution in [2.75, 3.05) is 7.11 Å². The van der Waals surface area contributed by atoms with Crippen molar-refractivity contribution in [2.45, 2.75) is 53.5 Å². The van der Waals surface area contributed by atoms with Gasteiger partial charge in [0.05, 0.1) is 18.4 Å². The number of benzene rings is 2. The van der Waals surface area contributed by atoms with Crippen molar-refractivity contribution in [3.05, 3.63) is 86.1 Å². The third-order valence-corrected chi connectivity index (χ3v) is 8.60. The number of hydrogen-bond acceptors (Lipinski definition) is 6. The van der Waals surface area contributed by atoms with Gasteiger partial charge in [0.25, 0.3) is 5.56 Å². The Kier molecular flexibility index (Phi) is 5.64. The molecule has 0 amide bonds. The second-order valence-electron chi connectivity index (χ2n) is 9.63. The van der Waals surface area contributed by atoms with Crippen molar-refractivity contribution in [3.8, 4) is 17.2 Å². The van der Waals surface area contributed by atoms with Gasteiger partial charge in [-0.05, 0) is 54.8 Å². The van der Waals surface area contributed by atoms with Crippen molar-refractivity contribution in [1.29, 1.82) is 0 Å². The molecular formula is C28H22F3NO5S. The van der Waals surface area contributed by atoms with Crippen molar-refractivity contribution in [1.82, 2.24) is 4.57 Å². The molecule has 1 aliphatic heterocycles. The highest BCUT2D eigenvalue weighted by atomic mass is 32.2. The molecule has 0 unspecified atom stereocenters. The van der Waals surface area contributed by atoms with Crippen LogP contribution in [0.3, 0.4) is 0 Å². The molecule has 3 heterocycles. The van der Waals surface area contributed by atoms with Crippen LogP contribution in [0.1, 0.15) is 48.9 Å². The number of alkyl halides is 3. The van der Waals surface area contributed by atoms with Gasteiger partial charge in [-0.3, -0.25) is 9.36 Å². The highest BCUT2D eigenvalue weighted by Gasteiger charge is 2.47. The molecule has 1 fully saturated rings. The van der Waals surface area contributed by atoms with E-state index in [4.69, 9.17) is 9.15 Å². The lowest BCUT2D eigenvalue weighted by Crippen LogP contribution is -2.31. The number of aromatic hydroxyl groups is 1. The first-order valence-electron chi connectivity index (χ1n) is 12.1. The van der Waals surface area contributed by atoms with Gasteiger partial charge in [-0.1, -0.05) is 37.1 Å². The molecule has 0 atom stereocenters. The third-order valence-electron chi connectivity index (χ3n) is 7.55. The second-order valence-corrected chi connectivity index (χ2v) is 10.7. The van der Waals surface area contributed by atoms with Gasteiger partial charge in [0.2, 0.25) is 0 Å².